The van der Waals surface area contributed by atoms with Gasteiger partial charge in [0.15, 0.2) is 5.96 Å². The van der Waals surface area contributed by atoms with Crippen molar-refractivity contribution in [1.29, 1.82) is 0 Å². The molecule has 6 heteroatoms. The van der Waals surface area contributed by atoms with Crippen molar-refractivity contribution >= 4 is 29.9 Å². The molecule has 1 rings (SSSR count). The minimum atomic E-state index is -0.201. The molecule has 0 atom stereocenters. The van der Waals surface area contributed by atoms with Crippen LogP contribution in [-0.2, 0) is 6.54 Å². The molecule has 0 bridgehead atoms. The van der Waals surface area contributed by atoms with Gasteiger partial charge in [-0.1, -0.05) is 12.1 Å². The standard InChI is InChI=1S/C19H33FN4.HI/c1-6-21-19(22-13-7-8-14-23(4)16(2)3)24(5)15-17-9-11-18(20)12-10-17;/h9-12,16H,6-8,13-15H2,1-5H3,(H,21,22);1H. The van der Waals surface area contributed by atoms with Crippen molar-refractivity contribution in [2.45, 2.75) is 46.2 Å². The normalized spacial score (nSPS) is 11.6. The fraction of sp³-hybridized carbons (Fsp3) is 0.632. The summed E-state index contributed by atoms with van der Waals surface area (Å²) in [5, 5.41) is 3.32. The van der Waals surface area contributed by atoms with Gasteiger partial charge >= 0.3 is 0 Å². The van der Waals surface area contributed by atoms with E-state index in [9.17, 15) is 4.39 Å². The van der Waals surface area contributed by atoms with E-state index in [1.165, 1.54) is 12.1 Å². The van der Waals surface area contributed by atoms with E-state index >= 15 is 0 Å². The minimum absolute atomic E-state index is 0. The number of guanidine groups is 1. The molecule has 0 aliphatic carbocycles. The summed E-state index contributed by atoms with van der Waals surface area (Å²) in [6.07, 6.45) is 2.23. The Kier molecular flexibility index (Phi) is 12.9. The maximum Gasteiger partial charge on any atom is 0.193 e. The maximum absolute atomic E-state index is 13.0. The summed E-state index contributed by atoms with van der Waals surface area (Å²) in [4.78, 5) is 9.14. The Labute approximate surface area is 169 Å². The zero-order valence-electron chi connectivity index (χ0n) is 16.3. The quantitative estimate of drug-likeness (QED) is 0.260. The zero-order chi connectivity index (χ0) is 17.9. The number of benzene rings is 1. The van der Waals surface area contributed by atoms with Gasteiger partial charge in [0, 0.05) is 32.7 Å². The predicted octanol–water partition coefficient (Wildman–Crippen LogP) is 3.96. The highest BCUT2D eigenvalue weighted by atomic mass is 127. The number of rotatable bonds is 9. The molecule has 25 heavy (non-hydrogen) atoms. The first-order chi connectivity index (χ1) is 11.4. The molecule has 1 aromatic carbocycles. The van der Waals surface area contributed by atoms with E-state index in [4.69, 9.17) is 4.99 Å². The number of aliphatic imine (C=N–C) groups is 1. The van der Waals surface area contributed by atoms with Crippen LogP contribution in [0.4, 0.5) is 4.39 Å². The van der Waals surface area contributed by atoms with E-state index in [2.05, 4.69) is 42.9 Å². The molecule has 0 unspecified atom stereocenters. The van der Waals surface area contributed by atoms with E-state index in [0.29, 0.717) is 12.6 Å². The first-order valence-electron chi connectivity index (χ1n) is 8.88. The monoisotopic (exact) mass is 464 g/mol. The molecule has 0 fully saturated rings. The van der Waals surface area contributed by atoms with Gasteiger partial charge in [-0.2, -0.15) is 0 Å². The van der Waals surface area contributed by atoms with Gasteiger partial charge in [0.05, 0.1) is 0 Å². The molecule has 144 valence electrons. The molecule has 4 nitrogen and oxygen atoms in total. The van der Waals surface area contributed by atoms with Crippen LogP contribution in [0.1, 0.15) is 39.2 Å². The van der Waals surface area contributed by atoms with Gasteiger partial charge in [0.25, 0.3) is 0 Å². The first kappa shape index (κ1) is 24.1. The number of unbranched alkanes of at least 4 members (excludes halogenated alkanes) is 1. The van der Waals surface area contributed by atoms with E-state index in [-0.39, 0.29) is 29.8 Å². The highest BCUT2D eigenvalue weighted by molar-refractivity contribution is 14.0. The summed E-state index contributed by atoms with van der Waals surface area (Å²) >= 11 is 0. The van der Waals surface area contributed by atoms with Crippen molar-refractivity contribution in [2.75, 3.05) is 33.7 Å². The second-order valence-electron chi connectivity index (χ2n) is 6.50. The Bertz CT molecular complexity index is 491. The van der Waals surface area contributed by atoms with Gasteiger partial charge in [-0.25, -0.2) is 4.39 Å². The van der Waals surface area contributed by atoms with Gasteiger partial charge in [0.2, 0.25) is 0 Å². The third-order valence-corrected chi connectivity index (χ3v) is 4.09. The average molecular weight is 464 g/mol. The molecule has 0 saturated heterocycles. The Balaban J connectivity index is 0.00000576. The summed E-state index contributed by atoms with van der Waals surface area (Å²) in [7, 11) is 4.17. The van der Waals surface area contributed by atoms with Crippen molar-refractivity contribution in [3.8, 4) is 0 Å². The smallest absolute Gasteiger partial charge is 0.193 e. The van der Waals surface area contributed by atoms with Gasteiger partial charge in [-0.05, 0) is 64.9 Å². The number of halogens is 2. The molecular formula is C19H34FIN4. The fourth-order valence-corrected chi connectivity index (χ4v) is 2.32. The lowest BCUT2D eigenvalue weighted by Crippen LogP contribution is -2.38. The summed E-state index contributed by atoms with van der Waals surface area (Å²) in [6, 6.07) is 7.22. The molecule has 1 N–H and O–H groups in total. The van der Waals surface area contributed by atoms with Crippen molar-refractivity contribution < 1.29 is 4.39 Å². The number of nitrogens with one attached hydrogen (secondary N) is 1. The van der Waals surface area contributed by atoms with Crippen LogP contribution in [-0.4, -0.2) is 55.5 Å². The molecule has 0 heterocycles. The molecular weight excluding hydrogens is 430 g/mol. The van der Waals surface area contributed by atoms with Crippen LogP contribution < -0.4 is 5.32 Å². The molecule has 0 saturated carbocycles. The van der Waals surface area contributed by atoms with Crippen molar-refractivity contribution in [2.24, 2.45) is 4.99 Å². The molecule has 0 aromatic heterocycles. The van der Waals surface area contributed by atoms with Crippen molar-refractivity contribution in [3.63, 3.8) is 0 Å². The first-order valence-corrected chi connectivity index (χ1v) is 8.88. The Morgan fingerprint density at radius 3 is 2.36 bits per heavy atom. The van der Waals surface area contributed by atoms with E-state index < -0.39 is 0 Å². The Morgan fingerprint density at radius 2 is 1.80 bits per heavy atom. The Morgan fingerprint density at radius 1 is 1.16 bits per heavy atom. The lowest BCUT2D eigenvalue weighted by atomic mass is 10.2. The van der Waals surface area contributed by atoms with Crippen LogP contribution in [0.2, 0.25) is 0 Å². The zero-order valence-corrected chi connectivity index (χ0v) is 18.6. The topological polar surface area (TPSA) is 30.9 Å². The second-order valence-corrected chi connectivity index (χ2v) is 6.50. The summed E-state index contributed by atoms with van der Waals surface area (Å²) in [6.45, 7) is 9.97. The summed E-state index contributed by atoms with van der Waals surface area (Å²) in [5.74, 6) is 0.701. The molecule has 1 aromatic rings. The largest absolute Gasteiger partial charge is 0.357 e. The van der Waals surface area contributed by atoms with E-state index in [0.717, 1.165) is 44.0 Å². The van der Waals surface area contributed by atoms with Crippen LogP contribution in [0.25, 0.3) is 0 Å². The van der Waals surface area contributed by atoms with E-state index in [1.54, 1.807) is 0 Å². The number of hydrogen-bond donors (Lipinski definition) is 1. The van der Waals surface area contributed by atoms with Crippen LogP contribution in [0.15, 0.2) is 29.3 Å². The second kappa shape index (κ2) is 13.3. The highest BCUT2D eigenvalue weighted by Crippen LogP contribution is 2.06. The number of hydrogen-bond acceptors (Lipinski definition) is 2. The van der Waals surface area contributed by atoms with Crippen molar-refractivity contribution in [1.82, 2.24) is 15.1 Å². The van der Waals surface area contributed by atoms with Crippen LogP contribution >= 0.6 is 24.0 Å². The maximum atomic E-state index is 13.0. The van der Waals surface area contributed by atoms with Crippen LogP contribution in [0.3, 0.4) is 0 Å². The fourth-order valence-electron chi connectivity index (χ4n) is 2.32. The third-order valence-electron chi connectivity index (χ3n) is 4.09. The van der Waals surface area contributed by atoms with Crippen LogP contribution in [0.5, 0.6) is 0 Å². The molecule has 0 aliphatic rings. The molecule has 0 radical (unpaired) electrons. The van der Waals surface area contributed by atoms with Crippen LogP contribution in [0, 0.1) is 5.82 Å². The SMILES string of the molecule is CCNC(=NCCCCN(C)C(C)C)N(C)Cc1ccc(F)cc1.I. The van der Waals surface area contributed by atoms with Crippen molar-refractivity contribution in [3.05, 3.63) is 35.6 Å². The predicted molar refractivity (Wildman–Crippen MR) is 116 cm³/mol. The highest BCUT2D eigenvalue weighted by Gasteiger charge is 2.07. The Hall–Kier alpha value is -0.890. The van der Waals surface area contributed by atoms with E-state index in [1.807, 2.05) is 19.2 Å². The van der Waals surface area contributed by atoms with Gasteiger partial charge in [-0.3, -0.25) is 4.99 Å². The summed E-state index contributed by atoms with van der Waals surface area (Å²) in [5.41, 5.74) is 1.07. The lowest BCUT2D eigenvalue weighted by Gasteiger charge is -2.22. The number of nitrogens with zero attached hydrogens (tertiary/aromatic N) is 3. The minimum Gasteiger partial charge on any atom is -0.357 e. The third kappa shape index (κ3) is 9.99. The summed E-state index contributed by atoms with van der Waals surface area (Å²) < 4.78 is 13.0. The lowest BCUT2D eigenvalue weighted by molar-refractivity contribution is 0.269. The van der Waals surface area contributed by atoms with Gasteiger partial charge < -0.3 is 15.1 Å². The van der Waals surface area contributed by atoms with Gasteiger partial charge in [-0.15, -0.1) is 24.0 Å². The average Bonchev–Trinajstić information content (AvgIpc) is 2.55. The van der Waals surface area contributed by atoms with Gasteiger partial charge in [0.1, 0.15) is 5.82 Å². The molecule has 0 spiro atoms. The molecule has 0 aliphatic heterocycles. The molecule has 0 amide bonds.